The first-order chi connectivity index (χ1) is 11.0. The molecule has 0 saturated carbocycles. The van der Waals surface area contributed by atoms with Crippen molar-refractivity contribution in [2.45, 2.75) is 13.8 Å². The van der Waals surface area contributed by atoms with Crippen LogP contribution in [0.2, 0.25) is 5.02 Å². The predicted octanol–water partition coefficient (Wildman–Crippen LogP) is 5.14. The van der Waals surface area contributed by atoms with Crippen LogP contribution in [0, 0.1) is 19.7 Å². The lowest BCUT2D eigenvalue weighted by Crippen LogP contribution is -2.14. The summed E-state index contributed by atoms with van der Waals surface area (Å²) in [5, 5.41) is 4.28. The van der Waals surface area contributed by atoms with Gasteiger partial charge in [-0.05, 0) is 49.7 Å². The Morgan fingerprint density at radius 2 is 2.00 bits per heavy atom. The molecule has 0 fully saturated rings. The minimum Gasteiger partial charge on any atom is -0.453 e. The van der Waals surface area contributed by atoms with Crippen LogP contribution in [0.1, 0.15) is 21.7 Å². The fourth-order valence-corrected chi connectivity index (χ4v) is 2.67. The average Bonchev–Trinajstić information content (AvgIpc) is 2.85. The molecule has 0 amide bonds. The zero-order valence-electron chi connectivity index (χ0n) is 12.7. The molecule has 0 aliphatic heterocycles. The van der Waals surface area contributed by atoms with E-state index in [1.165, 1.54) is 18.2 Å². The SMILES string of the molecule is Cc1ccc(Cl)cc1NCC(=O)c1oc2ccc(F)cc2c1C. The first kappa shape index (κ1) is 15.6. The minimum absolute atomic E-state index is 0.0737. The number of fused-ring (bicyclic) bond motifs is 1. The molecule has 3 aromatic rings. The Morgan fingerprint density at radius 1 is 1.22 bits per heavy atom. The molecule has 5 heteroatoms. The second-order valence-corrected chi connectivity index (χ2v) is 5.87. The molecule has 1 N–H and O–H groups in total. The van der Waals surface area contributed by atoms with Gasteiger partial charge in [-0.2, -0.15) is 0 Å². The normalized spacial score (nSPS) is 11.0. The van der Waals surface area contributed by atoms with Gasteiger partial charge in [-0.1, -0.05) is 17.7 Å². The Balaban J connectivity index is 1.83. The molecular weight excluding hydrogens is 317 g/mol. The Morgan fingerprint density at radius 3 is 2.78 bits per heavy atom. The smallest absolute Gasteiger partial charge is 0.217 e. The third-order valence-corrected chi connectivity index (χ3v) is 4.03. The van der Waals surface area contributed by atoms with Crippen LogP contribution >= 0.6 is 11.6 Å². The topological polar surface area (TPSA) is 42.2 Å². The van der Waals surface area contributed by atoms with Crippen molar-refractivity contribution in [1.82, 2.24) is 0 Å². The maximum Gasteiger partial charge on any atom is 0.217 e. The summed E-state index contributed by atoms with van der Waals surface area (Å²) in [6.45, 7) is 3.76. The molecule has 0 unspecified atom stereocenters. The maximum absolute atomic E-state index is 13.3. The van der Waals surface area contributed by atoms with E-state index in [9.17, 15) is 9.18 Å². The van der Waals surface area contributed by atoms with Gasteiger partial charge < -0.3 is 9.73 Å². The largest absolute Gasteiger partial charge is 0.453 e. The molecule has 0 bridgehead atoms. The van der Waals surface area contributed by atoms with Crippen molar-refractivity contribution in [3.8, 4) is 0 Å². The molecule has 0 spiro atoms. The summed E-state index contributed by atoms with van der Waals surface area (Å²) in [7, 11) is 0. The van der Waals surface area contributed by atoms with E-state index < -0.39 is 0 Å². The number of halogens is 2. The first-order valence-electron chi connectivity index (χ1n) is 7.17. The van der Waals surface area contributed by atoms with Crippen LogP contribution in [0.15, 0.2) is 40.8 Å². The van der Waals surface area contributed by atoms with E-state index in [0.29, 0.717) is 21.6 Å². The first-order valence-corrected chi connectivity index (χ1v) is 7.55. The molecule has 3 rings (SSSR count). The second kappa shape index (κ2) is 6.05. The Hall–Kier alpha value is -2.33. The lowest BCUT2D eigenvalue weighted by molar-refractivity contribution is 0.0981. The number of furan rings is 1. The number of carbonyl (C=O) groups is 1. The molecule has 118 valence electrons. The summed E-state index contributed by atoms with van der Waals surface area (Å²) >= 11 is 5.96. The van der Waals surface area contributed by atoms with Crippen LogP contribution in [0.3, 0.4) is 0 Å². The highest BCUT2D eigenvalue weighted by Gasteiger charge is 2.18. The van der Waals surface area contributed by atoms with Gasteiger partial charge >= 0.3 is 0 Å². The number of rotatable bonds is 4. The van der Waals surface area contributed by atoms with Crippen molar-refractivity contribution in [3.05, 3.63) is 64.1 Å². The molecule has 0 saturated heterocycles. The standard InChI is InChI=1S/C18H15ClFNO2/c1-10-3-4-12(19)7-15(10)21-9-16(22)18-11(2)14-8-13(20)5-6-17(14)23-18/h3-8,21H,9H2,1-2H3. The van der Waals surface area contributed by atoms with Crippen LogP contribution in [0.25, 0.3) is 11.0 Å². The molecule has 1 heterocycles. The third kappa shape index (κ3) is 3.08. The van der Waals surface area contributed by atoms with Gasteiger partial charge in [0.25, 0.3) is 0 Å². The van der Waals surface area contributed by atoms with Gasteiger partial charge in [0.2, 0.25) is 5.78 Å². The van der Waals surface area contributed by atoms with Crippen molar-refractivity contribution in [1.29, 1.82) is 0 Å². The Kier molecular flexibility index (Phi) is 4.09. The molecule has 0 atom stereocenters. The number of Topliss-reactive ketones (excluding diaryl/α,β-unsaturated/α-hetero) is 1. The summed E-state index contributed by atoms with van der Waals surface area (Å²) in [6, 6.07) is 9.66. The molecular formula is C18H15ClFNO2. The number of ketones is 1. The summed E-state index contributed by atoms with van der Waals surface area (Å²) in [6.07, 6.45) is 0. The second-order valence-electron chi connectivity index (χ2n) is 5.43. The van der Waals surface area contributed by atoms with Crippen LogP contribution in [0.4, 0.5) is 10.1 Å². The van der Waals surface area contributed by atoms with E-state index in [1.54, 1.807) is 19.1 Å². The van der Waals surface area contributed by atoms with Crippen molar-refractivity contribution in [2.75, 3.05) is 11.9 Å². The summed E-state index contributed by atoms with van der Waals surface area (Å²) in [5.74, 6) is -0.302. The number of nitrogens with one attached hydrogen (secondary N) is 1. The fraction of sp³-hybridized carbons (Fsp3) is 0.167. The molecule has 1 aromatic heterocycles. The van der Waals surface area contributed by atoms with E-state index in [2.05, 4.69) is 5.32 Å². The predicted molar refractivity (Wildman–Crippen MR) is 89.9 cm³/mol. The van der Waals surface area contributed by atoms with E-state index in [0.717, 1.165) is 11.3 Å². The fourth-order valence-electron chi connectivity index (χ4n) is 2.50. The molecule has 23 heavy (non-hydrogen) atoms. The number of hydrogen-bond acceptors (Lipinski definition) is 3. The van der Waals surface area contributed by atoms with Gasteiger partial charge in [0.05, 0.1) is 6.54 Å². The van der Waals surface area contributed by atoms with E-state index in [4.69, 9.17) is 16.0 Å². The number of hydrogen-bond donors (Lipinski definition) is 1. The minimum atomic E-state index is -0.354. The molecule has 0 aliphatic carbocycles. The summed E-state index contributed by atoms with van der Waals surface area (Å²) in [4.78, 5) is 12.4. The zero-order chi connectivity index (χ0) is 16.6. The van der Waals surface area contributed by atoms with Crippen LogP contribution in [-0.2, 0) is 0 Å². The van der Waals surface area contributed by atoms with Crippen molar-refractivity contribution in [2.24, 2.45) is 0 Å². The van der Waals surface area contributed by atoms with Gasteiger partial charge in [-0.15, -0.1) is 0 Å². The Labute approximate surface area is 138 Å². The van der Waals surface area contributed by atoms with Gasteiger partial charge in [-0.25, -0.2) is 4.39 Å². The molecule has 2 aromatic carbocycles. The van der Waals surface area contributed by atoms with E-state index in [-0.39, 0.29) is 23.9 Å². The van der Waals surface area contributed by atoms with Crippen LogP contribution < -0.4 is 5.32 Å². The number of benzene rings is 2. The molecule has 0 radical (unpaired) electrons. The monoisotopic (exact) mass is 331 g/mol. The quantitative estimate of drug-likeness (QED) is 0.673. The lowest BCUT2D eigenvalue weighted by atomic mass is 10.1. The maximum atomic E-state index is 13.3. The highest BCUT2D eigenvalue weighted by molar-refractivity contribution is 6.30. The summed E-state index contributed by atoms with van der Waals surface area (Å²) < 4.78 is 18.9. The molecule has 0 aliphatic rings. The number of anilines is 1. The number of carbonyl (C=O) groups excluding carboxylic acids is 1. The highest BCUT2D eigenvalue weighted by atomic mass is 35.5. The van der Waals surface area contributed by atoms with Gasteiger partial charge in [0.1, 0.15) is 11.4 Å². The molecule has 3 nitrogen and oxygen atoms in total. The summed E-state index contributed by atoms with van der Waals surface area (Å²) in [5.41, 5.74) is 2.94. The highest BCUT2D eigenvalue weighted by Crippen LogP contribution is 2.26. The Bertz CT molecular complexity index is 901. The van der Waals surface area contributed by atoms with Crippen LogP contribution in [0.5, 0.6) is 0 Å². The number of aryl methyl sites for hydroxylation is 2. The average molecular weight is 332 g/mol. The van der Waals surface area contributed by atoms with E-state index in [1.807, 2.05) is 13.0 Å². The van der Waals surface area contributed by atoms with Crippen LogP contribution in [-0.4, -0.2) is 12.3 Å². The van der Waals surface area contributed by atoms with Gasteiger partial charge in [0, 0.05) is 21.7 Å². The van der Waals surface area contributed by atoms with Gasteiger partial charge in [0.15, 0.2) is 5.76 Å². The lowest BCUT2D eigenvalue weighted by Gasteiger charge is -2.08. The van der Waals surface area contributed by atoms with E-state index >= 15 is 0 Å². The third-order valence-electron chi connectivity index (χ3n) is 3.79. The van der Waals surface area contributed by atoms with Crippen molar-refractivity contribution in [3.63, 3.8) is 0 Å². The van der Waals surface area contributed by atoms with Gasteiger partial charge in [-0.3, -0.25) is 4.79 Å². The van der Waals surface area contributed by atoms with Crippen molar-refractivity contribution >= 4 is 34.0 Å². The zero-order valence-corrected chi connectivity index (χ0v) is 13.5. The van der Waals surface area contributed by atoms with Crippen molar-refractivity contribution < 1.29 is 13.6 Å².